The predicted molar refractivity (Wildman–Crippen MR) is 139 cm³/mol. The quantitative estimate of drug-likeness (QED) is 0.441. The van der Waals surface area contributed by atoms with Crippen molar-refractivity contribution >= 4 is 11.9 Å². The number of hydrogen-bond acceptors (Lipinski definition) is 8. The van der Waals surface area contributed by atoms with Crippen molar-refractivity contribution in [1.82, 2.24) is 19.1 Å². The standard InChI is InChI=1S/C27H24N6O5/c1-18-6-8-19(9-7-18)17-33-25(31-26(36)32(27(33)37)13-3-12-28)30-21-4-2-5-22(11-10-21)38-23-14-20(24(34)35)15-29-16-23/h2,5-11,14-16H,3-4,13,17H2,1H3,(H,34,35)(H,30,31,36). The number of pyridine rings is 1. The molecule has 2 heterocycles. The van der Waals surface area contributed by atoms with E-state index in [1.165, 1.54) is 23.0 Å². The molecule has 1 aliphatic rings. The van der Waals surface area contributed by atoms with Gasteiger partial charge in [0.1, 0.15) is 11.5 Å². The van der Waals surface area contributed by atoms with Crippen molar-refractivity contribution < 1.29 is 14.6 Å². The van der Waals surface area contributed by atoms with E-state index >= 15 is 0 Å². The summed E-state index contributed by atoms with van der Waals surface area (Å²) in [5, 5.41) is 21.2. The maximum Gasteiger partial charge on any atom is 0.354 e. The highest BCUT2D eigenvalue weighted by atomic mass is 16.5. The fraction of sp³-hybridized carbons (Fsp3) is 0.185. The van der Waals surface area contributed by atoms with Crippen LogP contribution >= 0.6 is 0 Å². The van der Waals surface area contributed by atoms with Crippen LogP contribution in [0.15, 0.2) is 88.1 Å². The van der Waals surface area contributed by atoms with Crippen molar-refractivity contribution in [2.24, 2.45) is 0 Å². The molecule has 0 saturated carbocycles. The fourth-order valence-electron chi connectivity index (χ4n) is 3.64. The van der Waals surface area contributed by atoms with Crippen LogP contribution in [0.5, 0.6) is 5.75 Å². The first kappa shape index (κ1) is 25.8. The Hall–Kier alpha value is -5.24. The van der Waals surface area contributed by atoms with Crippen molar-refractivity contribution in [3.63, 3.8) is 0 Å². The summed E-state index contributed by atoms with van der Waals surface area (Å²) in [7, 11) is 0. The second-order valence-electron chi connectivity index (χ2n) is 8.44. The van der Waals surface area contributed by atoms with Crippen LogP contribution in [0.1, 0.15) is 34.3 Å². The smallest absolute Gasteiger partial charge is 0.354 e. The van der Waals surface area contributed by atoms with E-state index in [2.05, 4.69) is 15.3 Å². The third-order valence-corrected chi connectivity index (χ3v) is 5.60. The molecule has 4 rings (SSSR count). The molecule has 0 aliphatic heterocycles. The highest BCUT2D eigenvalue weighted by Crippen LogP contribution is 2.19. The molecule has 192 valence electrons. The van der Waals surface area contributed by atoms with Crippen molar-refractivity contribution in [1.29, 1.82) is 5.26 Å². The minimum absolute atomic E-state index is 0.000672. The van der Waals surface area contributed by atoms with Crippen LogP contribution in [0.25, 0.3) is 0 Å². The second kappa shape index (κ2) is 11.7. The summed E-state index contributed by atoms with van der Waals surface area (Å²) in [5.41, 5.74) is 1.23. The van der Waals surface area contributed by atoms with Crippen LogP contribution in [0, 0.1) is 18.3 Å². The molecule has 38 heavy (non-hydrogen) atoms. The second-order valence-corrected chi connectivity index (χ2v) is 8.44. The minimum atomic E-state index is -1.11. The van der Waals surface area contributed by atoms with Gasteiger partial charge in [-0.3, -0.25) is 9.55 Å². The van der Waals surface area contributed by atoms with Crippen LogP contribution < -0.4 is 21.4 Å². The molecule has 2 N–H and O–H groups in total. The third kappa shape index (κ3) is 6.30. The summed E-state index contributed by atoms with van der Waals surface area (Å²) >= 11 is 0. The maximum atomic E-state index is 13.3. The number of benzene rings is 1. The number of nitrogens with zero attached hydrogens (tertiary/aromatic N) is 5. The van der Waals surface area contributed by atoms with Crippen molar-refractivity contribution in [2.45, 2.75) is 32.9 Å². The van der Waals surface area contributed by atoms with Gasteiger partial charge in [0.2, 0.25) is 5.95 Å². The molecule has 0 amide bonds. The van der Waals surface area contributed by atoms with Gasteiger partial charge < -0.3 is 15.2 Å². The zero-order chi connectivity index (χ0) is 27.1. The van der Waals surface area contributed by atoms with E-state index < -0.39 is 17.3 Å². The van der Waals surface area contributed by atoms with E-state index in [9.17, 15) is 14.4 Å². The number of nitrogens with one attached hydrogen (secondary N) is 1. The van der Waals surface area contributed by atoms with Gasteiger partial charge in [0.05, 0.1) is 30.8 Å². The fourth-order valence-corrected chi connectivity index (χ4v) is 3.64. The van der Waals surface area contributed by atoms with E-state index in [1.807, 2.05) is 43.3 Å². The average molecular weight is 513 g/mol. The number of aromatic carboxylic acids is 1. The number of hydrogen-bond donors (Lipinski definition) is 2. The first-order chi connectivity index (χ1) is 18.3. The lowest BCUT2D eigenvalue weighted by Gasteiger charge is -2.16. The molecule has 0 radical (unpaired) electrons. The molecule has 0 spiro atoms. The van der Waals surface area contributed by atoms with Crippen LogP contribution in [0.4, 0.5) is 5.95 Å². The van der Waals surface area contributed by atoms with E-state index in [0.29, 0.717) is 17.9 Å². The predicted octanol–water partition coefficient (Wildman–Crippen LogP) is 2.99. The van der Waals surface area contributed by atoms with Gasteiger partial charge in [-0.2, -0.15) is 10.2 Å². The Morgan fingerprint density at radius 3 is 2.71 bits per heavy atom. The number of rotatable bonds is 9. The molecule has 0 saturated heterocycles. The number of carbonyl (C=O) groups is 1. The molecule has 1 aliphatic carbocycles. The first-order valence-electron chi connectivity index (χ1n) is 11.7. The van der Waals surface area contributed by atoms with E-state index in [1.54, 1.807) is 18.2 Å². The summed E-state index contributed by atoms with van der Waals surface area (Å²) < 4.78 is 8.07. The van der Waals surface area contributed by atoms with Gasteiger partial charge in [-0.15, -0.1) is 0 Å². The van der Waals surface area contributed by atoms with Gasteiger partial charge in [-0.25, -0.2) is 19.0 Å². The lowest BCUT2D eigenvalue weighted by Crippen LogP contribution is -2.43. The zero-order valence-corrected chi connectivity index (χ0v) is 20.5. The van der Waals surface area contributed by atoms with Crippen LogP contribution in [0.2, 0.25) is 0 Å². The molecule has 1 aromatic carbocycles. The summed E-state index contributed by atoms with van der Waals surface area (Å²) in [5.74, 6) is -0.341. The highest BCUT2D eigenvalue weighted by molar-refractivity contribution is 5.87. The Bertz CT molecular complexity index is 1610. The molecule has 0 unspecified atom stereocenters. The molecule has 11 heteroatoms. The molecular weight excluding hydrogens is 488 g/mol. The summed E-state index contributed by atoms with van der Waals surface area (Å²) in [6.07, 6.45) is 9.95. The lowest BCUT2D eigenvalue weighted by atomic mass is 10.1. The van der Waals surface area contributed by atoms with Gasteiger partial charge in [0.15, 0.2) is 0 Å². The normalized spacial score (nSPS) is 12.6. The van der Waals surface area contributed by atoms with Gasteiger partial charge in [0, 0.05) is 24.9 Å². The SMILES string of the molecule is Cc1ccc(Cn2c(NC3=CC=C(Oc4cncc(C(=O)O)c4)C=CC3)nc(=O)n(CCC#N)c2=O)cc1. The Balaban J connectivity index is 1.63. The summed E-state index contributed by atoms with van der Waals surface area (Å²) in [6.45, 7) is 2.08. The van der Waals surface area contributed by atoms with Crippen LogP contribution in [-0.2, 0) is 13.1 Å². The third-order valence-electron chi connectivity index (χ3n) is 5.60. The van der Waals surface area contributed by atoms with E-state index in [0.717, 1.165) is 15.7 Å². The Morgan fingerprint density at radius 2 is 1.97 bits per heavy atom. The van der Waals surface area contributed by atoms with Gasteiger partial charge in [-0.05, 0) is 36.8 Å². The molecule has 3 aromatic rings. The molecule has 2 aromatic heterocycles. The number of carboxylic acids is 1. The first-order valence-corrected chi connectivity index (χ1v) is 11.7. The monoisotopic (exact) mass is 512 g/mol. The molecular formula is C27H24N6O5. The largest absolute Gasteiger partial charge is 0.478 e. The number of aryl methyl sites for hydroxylation is 1. The highest BCUT2D eigenvalue weighted by Gasteiger charge is 2.15. The van der Waals surface area contributed by atoms with E-state index in [4.69, 9.17) is 15.1 Å². The van der Waals surface area contributed by atoms with E-state index in [-0.39, 0.29) is 36.8 Å². The number of ether oxygens (including phenoxy) is 1. The Morgan fingerprint density at radius 1 is 1.18 bits per heavy atom. The molecule has 0 atom stereocenters. The van der Waals surface area contributed by atoms with Gasteiger partial charge in [-0.1, -0.05) is 35.9 Å². The Labute approximate surface area is 217 Å². The molecule has 11 nitrogen and oxygen atoms in total. The van der Waals surface area contributed by atoms with Gasteiger partial charge in [0.25, 0.3) is 0 Å². The average Bonchev–Trinajstić information content (AvgIpc) is 3.12. The molecule has 0 fully saturated rings. The van der Waals surface area contributed by atoms with Crippen molar-refractivity contribution in [3.05, 3.63) is 116 Å². The minimum Gasteiger partial charge on any atom is -0.478 e. The maximum absolute atomic E-state index is 13.3. The number of aromatic nitrogens is 4. The number of carboxylic acid groups (broad SMARTS) is 1. The zero-order valence-electron chi connectivity index (χ0n) is 20.5. The number of nitriles is 1. The van der Waals surface area contributed by atoms with Crippen LogP contribution in [0.3, 0.4) is 0 Å². The number of allylic oxidation sites excluding steroid dienone is 4. The van der Waals surface area contributed by atoms with Gasteiger partial charge >= 0.3 is 17.3 Å². The number of anilines is 1. The van der Waals surface area contributed by atoms with Crippen LogP contribution in [-0.4, -0.2) is 30.2 Å². The Kier molecular flexibility index (Phi) is 7.93. The summed E-state index contributed by atoms with van der Waals surface area (Å²) in [6, 6.07) is 11.0. The summed E-state index contributed by atoms with van der Waals surface area (Å²) in [4.78, 5) is 45.1. The van der Waals surface area contributed by atoms with Crippen molar-refractivity contribution in [3.8, 4) is 11.8 Å². The molecule has 0 bridgehead atoms. The van der Waals surface area contributed by atoms with Crippen molar-refractivity contribution in [2.75, 3.05) is 5.32 Å². The lowest BCUT2D eigenvalue weighted by molar-refractivity contribution is 0.0696. The topological polar surface area (TPSA) is 152 Å².